The van der Waals surface area contributed by atoms with Crippen LogP contribution in [0.15, 0.2) is 0 Å². The third-order valence-corrected chi connectivity index (χ3v) is 2.11. The van der Waals surface area contributed by atoms with Crippen LogP contribution in [-0.4, -0.2) is 42.0 Å². The van der Waals surface area contributed by atoms with Gasteiger partial charge in [0.15, 0.2) is 0 Å². The summed E-state index contributed by atoms with van der Waals surface area (Å²) in [4.78, 5) is 15.2. The maximum atomic E-state index is 11.6. The summed E-state index contributed by atoms with van der Waals surface area (Å²) in [6.07, 6.45) is 0. The SMILES string of the molecule is CCN(CC)C(=O)N(C)C(C)C. The zero-order valence-corrected chi connectivity index (χ0v) is 8.79. The summed E-state index contributed by atoms with van der Waals surface area (Å²) in [6.45, 7) is 9.59. The topological polar surface area (TPSA) is 23.6 Å². The molecule has 3 heteroatoms. The van der Waals surface area contributed by atoms with Crippen molar-refractivity contribution in [1.82, 2.24) is 9.80 Å². The number of nitrogens with zero attached hydrogens (tertiary/aromatic N) is 2. The van der Waals surface area contributed by atoms with Crippen molar-refractivity contribution in [3.8, 4) is 0 Å². The Labute approximate surface area is 75.3 Å². The van der Waals surface area contributed by atoms with Crippen LogP contribution in [0.3, 0.4) is 0 Å². The minimum atomic E-state index is 0.120. The number of hydrogen-bond donors (Lipinski definition) is 0. The molecule has 0 aromatic rings. The molecule has 3 nitrogen and oxygen atoms in total. The van der Waals surface area contributed by atoms with E-state index in [0.717, 1.165) is 13.1 Å². The second-order valence-corrected chi connectivity index (χ2v) is 3.16. The van der Waals surface area contributed by atoms with Gasteiger partial charge in [-0.05, 0) is 27.7 Å². The molecule has 2 amide bonds. The quantitative estimate of drug-likeness (QED) is 0.636. The van der Waals surface area contributed by atoms with Gasteiger partial charge in [0.25, 0.3) is 0 Å². The fraction of sp³-hybridized carbons (Fsp3) is 0.889. The Bertz CT molecular complexity index is 137. The highest BCUT2D eigenvalue weighted by Gasteiger charge is 2.16. The molecule has 0 N–H and O–H groups in total. The first kappa shape index (κ1) is 11.3. The van der Waals surface area contributed by atoms with Gasteiger partial charge >= 0.3 is 6.03 Å². The first-order chi connectivity index (χ1) is 5.54. The van der Waals surface area contributed by atoms with Crippen molar-refractivity contribution in [1.29, 1.82) is 0 Å². The van der Waals surface area contributed by atoms with E-state index in [1.54, 1.807) is 4.90 Å². The lowest BCUT2D eigenvalue weighted by Gasteiger charge is -2.28. The third-order valence-electron chi connectivity index (χ3n) is 2.11. The van der Waals surface area contributed by atoms with Gasteiger partial charge in [0.05, 0.1) is 0 Å². The van der Waals surface area contributed by atoms with Crippen molar-refractivity contribution in [3.05, 3.63) is 0 Å². The molecular formula is C9H20N2O. The smallest absolute Gasteiger partial charge is 0.319 e. The Morgan fingerprint density at radius 2 is 1.67 bits per heavy atom. The molecule has 0 aliphatic heterocycles. The van der Waals surface area contributed by atoms with E-state index in [2.05, 4.69) is 0 Å². The van der Waals surface area contributed by atoms with Crippen molar-refractivity contribution < 1.29 is 4.79 Å². The van der Waals surface area contributed by atoms with Crippen LogP contribution in [0.1, 0.15) is 27.7 Å². The number of amides is 2. The van der Waals surface area contributed by atoms with Crippen LogP contribution in [0.2, 0.25) is 0 Å². The molecule has 0 aromatic heterocycles. The van der Waals surface area contributed by atoms with E-state index >= 15 is 0 Å². The van der Waals surface area contributed by atoms with Gasteiger partial charge in [-0.25, -0.2) is 4.79 Å². The van der Waals surface area contributed by atoms with Crippen LogP contribution in [0.25, 0.3) is 0 Å². The molecule has 0 fully saturated rings. The first-order valence-corrected chi connectivity index (χ1v) is 4.56. The predicted molar refractivity (Wildman–Crippen MR) is 51.2 cm³/mol. The highest BCUT2D eigenvalue weighted by atomic mass is 16.2. The average molecular weight is 172 g/mol. The van der Waals surface area contributed by atoms with Crippen molar-refractivity contribution >= 4 is 6.03 Å². The molecule has 0 rings (SSSR count). The molecule has 0 aliphatic rings. The molecule has 0 radical (unpaired) electrons. The van der Waals surface area contributed by atoms with E-state index in [-0.39, 0.29) is 12.1 Å². The molecule has 0 aromatic carbocycles. The molecule has 0 aliphatic carbocycles. The summed E-state index contributed by atoms with van der Waals surface area (Å²) in [5, 5.41) is 0. The number of rotatable bonds is 3. The Morgan fingerprint density at radius 1 is 1.25 bits per heavy atom. The molecule has 0 unspecified atom stereocenters. The van der Waals surface area contributed by atoms with Crippen LogP contribution in [0, 0.1) is 0 Å². The second kappa shape index (κ2) is 5.01. The Hall–Kier alpha value is -0.730. The van der Waals surface area contributed by atoms with Crippen molar-refractivity contribution in [2.75, 3.05) is 20.1 Å². The van der Waals surface area contributed by atoms with Gasteiger partial charge in [0, 0.05) is 26.2 Å². The lowest BCUT2D eigenvalue weighted by Crippen LogP contribution is -2.43. The van der Waals surface area contributed by atoms with Crippen LogP contribution in [-0.2, 0) is 0 Å². The van der Waals surface area contributed by atoms with Gasteiger partial charge < -0.3 is 9.80 Å². The average Bonchev–Trinajstić information content (AvgIpc) is 2.05. The van der Waals surface area contributed by atoms with Gasteiger partial charge in [0.2, 0.25) is 0 Å². The zero-order valence-electron chi connectivity index (χ0n) is 8.79. The first-order valence-electron chi connectivity index (χ1n) is 4.56. The summed E-state index contributed by atoms with van der Waals surface area (Å²) < 4.78 is 0. The minimum absolute atomic E-state index is 0.120. The zero-order chi connectivity index (χ0) is 9.72. The summed E-state index contributed by atoms with van der Waals surface area (Å²) >= 11 is 0. The molecule has 0 bridgehead atoms. The van der Waals surface area contributed by atoms with Crippen molar-refractivity contribution in [2.24, 2.45) is 0 Å². The highest BCUT2D eigenvalue weighted by molar-refractivity contribution is 5.74. The van der Waals surface area contributed by atoms with E-state index in [0.29, 0.717) is 0 Å². The summed E-state index contributed by atoms with van der Waals surface area (Å²) in [6, 6.07) is 0.396. The fourth-order valence-corrected chi connectivity index (χ4v) is 0.938. The highest BCUT2D eigenvalue weighted by Crippen LogP contribution is 2.00. The monoisotopic (exact) mass is 172 g/mol. The molecular weight excluding hydrogens is 152 g/mol. The molecule has 0 saturated heterocycles. The molecule has 0 saturated carbocycles. The van der Waals surface area contributed by atoms with Gasteiger partial charge in [-0.3, -0.25) is 0 Å². The third kappa shape index (κ3) is 2.72. The Morgan fingerprint density at radius 3 is 1.92 bits per heavy atom. The van der Waals surface area contributed by atoms with E-state index in [9.17, 15) is 4.79 Å². The second-order valence-electron chi connectivity index (χ2n) is 3.16. The van der Waals surface area contributed by atoms with Gasteiger partial charge in [0.1, 0.15) is 0 Å². The number of hydrogen-bond acceptors (Lipinski definition) is 1. The van der Waals surface area contributed by atoms with Crippen molar-refractivity contribution in [3.63, 3.8) is 0 Å². The van der Waals surface area contributed by atoms with Crippen molar-refractivity contribution in [2.45, 2.75) is 33.7 Å². The standard InChI is InChI=1S/C9H20N2O/c1-6-11(7-2)9(12)10(5)8(3)4/h8H,6-7H2,1-5H3. The number of carbonyl (C=O) groups is 1. The normalized spacial score (nSPS) is 10.2. The van der Waals surface area contributed by atoms with E-state index in [1.165, 1.54) is 0 Å². The molecule has 72 valence electrons. The van der Waals surface area contributed by atoms with E-state index in [4.69, 9.17) is 0 Å². The maximum Gasteiger partial charge on any atom is 0.319 e. The van der Waals surface area contributed by atoms with Crippen LogP contribution >= 0.6 is 0 Å². The predicted octanol–water partition coefficient (Wildman–Crippen LogP) is 1.79. The van der Waals surface area contributed by atoms with Gasteiger partial charge in [-0.15, -0.1) is 0 Å². The van der Waals surface area contributed by atoms with Crippen LogP contribution in [0.5, 0.6) is 0 Å². The number of carbonyl (C=O) groups excluding carboxylic acids is 1. The molecule has 0 spiro atoms. The van der Waals surface area contributed by atoms with Gasteiger partial charge in [-0.1, -0.05) is 0 Å². The van der Waals surface area contributed by atoms with Crippen LogP contribution < -0.4 is 0 Å². The Kier molecular flexibility index (Phi) is 4.71. The van der Waals surface area contributed by atoms with E-state index in [1.807, 2.05) is 39.6 Å². The molecule has 0 atom stereocenters. The van der Waals surface area contributed by atoms with Gasteiger partial charge in [-0.2, -0.15) is 0 Å². The van der Waals surface area contributed by atoms with E-state index < -0.39 is 0 Å². The summed E-state index contributed by atoms with van der Waals surface area (Å²) in [5.41, 5.74) is 0. The largest absolute Gasteiger partial charge is 0.325 e. The summed E-state index contributed by atoms with van der Waals surface area (Å²) in [5.74, 6) is 0. The lowest BCUT2D eigenvalue weighted by molar-refractivity contribution is 0.157. The van der Waals surface area contributed by atoms with Crippen LogP contribution in [0.4, 0.5) is 4.79 Å². The Balaban J connectivity index is 4.16. The maximum absolute atomic E-state index is 11.6. The molecule has 12 heavy (non-hydrogen) atoms. The summed E-state index contributed by atoms with van der Waals surface area (Å²) in [7, 11) is 1.84. The number of urea groups is 1. The minimum Gasteiger partial charge on any atom is -0.325 e. The fourth-order valence-electron chi connectivity index (χ4n) is 0.938. The lowest BCUT2D eigenvalue weighted by atomic mass is 10.3. The molecule has 0 heterocycles.